The van der Waals surface area contributed by atoms with Gasteiger partial charge >= 0.3 is 6.18 Å². The molecule has 0 N–H and O–H groups in total. The summed E-state index contributed by atoms with van der Waals surface area (Å²) < 4.78 is 37.9. The molecule has 0 aliphatic rings. The van der Waals surface area contributed by atoms with Gasteiger partial charge in [-0.05, 0) is 6.07 Å². The van der Waals surface area contributed by atoms with Gasteiger partial charge < -0.3 is 0 Å². The summed E-state index contributed by atoms with van der Waals surface area (Å²) >= 11 is 0. The monoisotopic (exact) mass is 239 g/mol. The second-order valence-corrected chi connectivity index (χ2v) is 3.05. The molecule has 0 spiro atoms. The molecule has 5 nitrogen and oxygen atoms in total. The quantitative estimate of drug-likeness (QED) is 0.757. The number of hydrogen-bond donors (Lipinski definition) is 0. The number of aromatic nitrogens is 4. The highest BCUT2D eigenvalue weighted by atomic mass is 19.4. The van der Waals surface area contributed by atoms with E-state index in [4.69, 9.17) is 5.26 Å². The molecule has 0 aromatic carbocycles. The topological polar surface area (TPSA) is 67.4 Å². The minimum Gasteiger partial charge on any atom is -0.219 e. The maximum absolute atomic E-state index is 12.3. The van der Waals surface area contributed by atoms with E-state index in [1.165, 1.54) is 12.3 Å². The van der Waals surface area contributed by atoms with Crippen molar-refractivity contribution in [2.45, 2.75) is 6.18 Å². The average Bonchev–Trinajstić information content (AvgIpc) is 2.77. The second-order valence-electron chi connectivity index (χ2n) is 3.05. The Morgan fingerprint density at radius 3 is 2.71 bits per heavy atom. The molecule has 0 radical (unpaired) electrons. The summed E-state index contributed by atoms with van der Waals surface area (Å²) in [6, 6.07) is 3.14. The van der Waals surface area contributed by atoms with E-state index in [-0.39, 0.29) is 11.4 Å². The molecule has 2 heterocycles. The van der Waals surface area contributed by atoms with E-state index in [0.717, 1.165) is 10.9 Å². The Labute approximate surface area is 93.1 Å². The SMILES string of the molecule is N#Cc1ccnnc1-n1cc(C(F)(F)F)cn1. The first-order valence-electron chi connectivity index (χ1n) is 4.36. The fraction of sp³-hybridized carbons (Fsp3) is 0.111. The van der Waals surface area contributed by atoms with Crippen molar-refractivity contribution in [1.29, 1.82) is 5.26 Å². The molecule has 0 aliphatic carbocycles. The summed E-state index contributed by atoms with van der Waals surface area (Å²) in [5.41, 5.74) is -0.816. The van der Waals surface area contributed by atoms with Crippen molar-refractivity contribution in [3.05, 3.63) is 35.8 Å². The molecule has 2 aromatic heterocycles. The number of rotatable bonds is 1. The van der Waals surface area contributed by atoms with Gasteiger partial charge in [-0.25, -0.2) is 4.68 Å². The second kappa shape index (κ2) is 3.86. The van der Waals surface area contributed by atoms with Gasteiger partial charge in [0, 0.05) is 6.20 Å². The van der Waals surface area contributed by atoms with Crippen molar-refractivity contribution in [1.82, 2.24) is 20.0 Å². The molecule has 2 rings (SSSR count). The average molecular weight is 239 g/mol. The summed E-state index contributed by atoms with van der Waals surface area (Å²) in [6.45, 7) is 0. The summed E-state index contributed by atoms with van der Waals surface area (Å²) in [5, 5.41) is 19.3. The van der Waals surface area contributed by atoms with Crippen LogP contribution in [0.2, 0.25) is 0 Å². The lowest BCUT2D eigenvalue weighted by molar-refractivity contribution is -0.137. The molecular weight excluding hydrogens is 235 g/mol. The first-order valence-corrected chi connectivity index (χ1v) is 4.36. The van der Waals surface area contributed by atoms with Crippen LogP contribution in [0.3, 0.4) is 0 Å². The molecule has 0 unspecified atom stereocenters. The zero-order chi connectivity index (χ0) is 12.5. The fourth-order valence-corrected chi connectivity index (χ4v) is 1.17. The van der Waals surface area contributed by atoms with E-state index in [0.29, 0.717) is 6.20 Å². The number of halogens is 3. The van der Waals surface area contributed by atoms with Crippen LogP contribution in [0, 0.1) is 11.3 Å². The Hall–Kier alpha value is -2.43. The maximum Gasteiger partial charge on any atom is 0.419 e. The van der Waals surface area contributed by atoms with Gasteiger partial charge in [-0.1, -0.05) is 0 Å². The van der Waals surface area contributed by atoms with Crippen LogP contribution < -0.4 is 0 Å². The van der Waals surface area contributed by atoms with Crippen LogP contribution in [0.5, 0.6) is 0 Å². The molecule has 0 saturated heterocycles. The molecule has 17 heavy (non-hydrogen) atoms. The van der Waals surface area contributed by atoms with Gasteiger partial charge in [-0.3, -0.25) is 0 Å². The first-order chi connectivity index (χ1) is 8.02. The molecule has 86 valence electrons. The Balaban J connectivity index is 2.49. The van der Waals surface area contributed by atoms with Crippen molar-refractivity contribution in [2.75, 3.05) is 0 Å². The van der Waals surface area contributed by atoms with Crippen molar-refractivity contribution in [2.24, 2.45) is 0 Å². The van der Waals surface area contributed by atoms with Crippen molar-refractivity contribution < 1.29 is 13.2 Å². The molecule has 0 atom stereocenters. The molecule has 0 aliphatic heterocycles. The predicted octanol–water partition coefficient (Wildman–Crippen LogP) is 1.55. The van der Waals surface area contributed by atoms with Gasteiger partial charge in [0.25, 0.3) is 0 Å². The summed E-state index contributed by atoms with van der Waals surface area (Å²) in [5.74, 6) is -0.0366. The third-order valence-corrected chi connectivity index (χ3v) is 1.95. The Bertz CT molecular complexity index is 581. The fourth-order valence-electron chi connectivity index (χ4n) is 1.17. The standard InChI is InChI=1S/C9H4F3N5/c10-9(11,12)7-4-15-17(5-7)8-6(3-13)1-2-14-16-8/h1-2,4-5H. The minimum atomic E-state index is -4.48. The largest absolute Gasteiger partial charge is 0.419 e. The van der Waals surface area contributed by atoms with Gasteiger partial charge in [-0.2, -0.15) is 28.6 Å². The third kappa shape index (κ3) is 2.08. The highest BCUT2D eigenvalue weighted by Crippen LogP contribution is 2.29. The smallest absolute Gasteiger partial charge is 0.219 e. The molecular formula is C9H4F3N5. The number of alkyl halides is 3. The Morgan fingerprint density at radius 2 is 2.12 bits per heavy atom. The van der Waals surface area contributed by atoms with Crippen LogP contribution in [0.25, 0.3) is 5.82 Å². The predicted molar refractivity (Wildman–Crippen MR) is 48.9 cm³/mol. The van der Waals surface area contributed by atoms with Gasteiger partial charge in [0.2, 0.25) is 0 Å². The van der Waals surface area contributed by atoms with Gasteiger partial charge in [0.05, 0.1) is 18.0 Å². The zero-order valence-electron chi connectivity index (χ0n) is 8.18. The first kappa shape index (κ1) is 11.1. The van der Waals surface area contributed by atoms with Crippen LogP contribution >= 0.6 is 0 Å². The van der Waals surface area contributed by atoms with Crippen molar-refractivity contribution in [3.63, 3.8) is 0 Å². The molecule has 0 bridgehead atoms. The van der Waals surface area contributed by atoms with Crippen LogP contribution in [0.15, 0.2) is 24.7 Å². The van der Waals surface area contributed by atoms with E-state index in [1.807, 2.05) is 0 Å². The van der Waals surface area contributed by atoms with E-state index in [2.05, 4.69) is 15.3 Å². The van der Waals surface area contributed by atoms with Gasteiger partial charge in [0.15, 0.2) is 5.82 Å². The van der Waals surface area contributed by atoms with Crippen LogP contribution in [0.4, 0.5) is 13.2 Å². The Morgan fingerprint density at radius 1 is 1.35 bits per heavy atom. The van der Waals surface area contributed by atoms with Crippen LogP contribution in [-0.2, 0) is 6.18 Å². The van der Waals surface area contributed by atoms with Gasteiger partial charge in [-0.15, -0.1) is 5.10 Å². The Kier molecular flexibility index (Phi) is 2.51. The summed E-state index contributed by atoms with van der Waals surface area (Å²) in [6.07, 6.45) is -1.79. The summed E-state index contributed by atoms with van der Waals surface area (Å²) in [7, 11) is 0. The minimum absolute atomic E-state index is 0.0366. The van der Waals surface area contributed by atoms with E-state index < -0.39 is 11.7 Å². The van der Waals surface area contributed by atoms with E-state index >= 15 is 0 Å². The normalized spacial score (nSPS) is 11.2. The van der Waals surface area contributed by atoms with Crippen LogP contribution in [0.1, 0.15) is 11.1 Å². The van der Waals surface area contributed by atoms with Gasteiger partial charge in [0.1, 0.15) is 11.6 Å². The zero-order valence-corrected chi connectivity index (χ0v) is 8.18. The van der Waals surface area contributed by atoms with Crippen molar-refractivity contribution >= 4 is 0 Å². The molecule has 0 fully saturated rings. The molecule has 8 heteroatoms. The lowest BCUT2D eigenvalue weighted by atomic mass is 10.3. The van der Waals surface area contributed by atoms with E-state index in [9.17, 15) is 13.2 Å². The lowest BCUT2D eigenvalue weighted by Gasteiger charge is -2.02. The summed E-state index contributed by atoms with van der Waals surface area (Å²) in [4.78, 5) is 0. The van der Waals surface area contributed by atoms with E-state index in [1.54, 1.807) is 6.07 Å². The number of nitrogens with zero attached hydrogens (tertiary/aromatic N) is 5. The highest BCUT2D eigenvalue weighted by Gasteiger charge is 2.32. The van der Waals surface area contributed by atoms with Crippen LogP contribution in [-0.4, -0.2) is 20.0 Å². The third-order valence-electron chi connectivity index (χ3n) is 1.95. The molecule has 0 amide bonds. The highest BCUT2D eigenvalue weighted by molar-refractivity contribution is 5.41. The maximum atomic E-state index is 12.3. The molecule has 0 saturated carbocycles. The number of hydrogen-bond acceptors (Lipinski definition) is 4. The lowest BCUT2D eigenvalue weighted by Crippen LogP contribution is -2.04. The molecule has 2 aromatic rings. The van der Waals surface area contributed by atoms with Crippen molar-refractivity contribution in [3.8, 4) is 11.9 Å². The number of nitriles is 1.